The maximum absolute atomic E-state index is 12.4. The van der Waals surface area contributed by atoms with Crippen LogP contribution < -0.4 is 14.4 Å². The van der Waals surface area contributed by atoms with Crippen LogP contribution in [0.4, 0.5) is 5.69 Å². The summed E-state index contributed by atoms with van der Waals surface area (Å²) < 4.78 is 11.2. The van der Waals surface area contributed by atoms with E-state index in [9.17, 15) is 4.79 Å². The van der Waals surface area contributed by atoms with Gasteiger partial charge in [-0.15, -0.1) is 0 Å². The molecule has 0 fully saturated rings. The van der Waals surface area contributed by atoms with Gasteiger partial charge in [0.1, 0.15) is 18.1 Å². The molecule has 0 aliphatic carbocycles. The van der Waals surface area contributed by atoms with Gasteiger partial charge in [-0.05, 0) is 49.2 Å². The Bertz CT molecular complexity index is 676. The minimum absolute atomic E-state index is 0.0250. The highest BCUT2D eigenvalue weighted by atomic mass is 16.5. The third-order valence-electron chi connectivity index (χ3n) is 3.59. The number of hydrogen-bond donors (Lipinski definition) is 0. The van der Waals surface area contributed by atoms with Gasteiger partial charge >= 0.3 is 0 Å². The molecular formula is C18H19NO3. The zero-order chi connectivity index (χ0) is 15.5. The van der Waals surface area contributed by atoms with Crippen molar-refractivity contribution in [3.8, 4) is 11.5 Å². The van der Waals surface area contributed by atoms with E-state index in [1.165, 1.54) is 0 Å². The average Bonchev–Trinajstić information content (AvgIpc) is 2.51. The first kappa shape index (κ1) is 14.4. The Morgan fingerprint density at radius 2 is 1.91 bits per heavy atom. The number of rotatable bonds is 3. The molecule has 0 aromatic heterocycles. The molecule has 3 rings (SSSR count). The molecule has 0 spiro atoms. The Morgan fingerprint density at radius 3 is 2.68 bits per heavy atom. The number of para-hydroxylation sites is 2. The van der Waals surface area contributed by atoms with Crippen LogP contribution in [0.1, 0.15) is 11.1 Å². The van der Waals surface area contributed by atoms with Gasteiger partial charge in [0.25, 0.3) is 5.91 Å². The lowest BCUT2D eigenvalue weighted by Gasteiger charge is -2.29. The lowest BCUT2D eigenvalue weighted by atomic mass is 10.1. The summed E-state index contributed by atoms with van der Waals surface area (Å²) in [6.07, 6.45) is 0. The summed E-state index contributed by atoms with van der Waals surface area (Å²) in [5.41, 5.74) is 3.06. The molecule has 1 heterocycles. The number of fused-ring (bicyclic) bond motifs is 1. The molecule has 1 amide bonds. The smallest absolute Gasteiger partial charge is 0.265 e. The summed E-state index contributed by atoms with van der Waals surface area (Å²) in [6, 6.07) is 13.5. The van der Waals surface area contributed by atoms with E-state index in [0.29, 0.717) is 13.2 Å². The Kier molecular flexibility index (Phi) is 4.00. The Hall–Kier alpha value is -2.49. The summed E-state index contributed by atoms with van der Waals surface area (Å²) in [5.74, 6) is 1.41. The van der Waals surface area contributed by atoms with Crippen molar-refractivity contribution in [3.05, 3.63) is 53.6 Å². The molecule has 0 saturated carbocycles. The second kappa shape index (κ2) is 6.10. The van der Waals surface area contributed by atoms with E-state index in [1.54, 1.807) is 4.90 Å². The van der Waals surface area contributed by atoms with Gasteiger partial charge in [0.2, 0.25) is 0 Å². The van der Waals surface area contributed by atoms with E-state index in [1.807, 2.05) is 50.2 Å². The van der Waals surface area contributed by atoms with Crippen LogP contribution in [0, 0.1) is 13.8 Å². The van der Waals surface area contributed by atoms with Crippen LogP contribution in [-0.4, -0.2) is 25.7 Å². The van der Waals surface area contributed by atoms with Gasteiger partial charge in [-0.2, -0.15) is 0 Å². The van der Waals surface area contributed by atoms with Crippen LogP contribution in [0.2, 0.25) is 0 Å². The Morgan fingerprint density at radius 1 is 1.18 bits per heavy atom. The SMILES string of the molecule is Cc1cc(C)cc(OCC(=O)N2CCOc3ccccc32)c1. The Labute approximate surface area is 130 Å². The van der Waals surface area contributed by atoms with Crippen molar-refractivity contribution in [2.45, 2.75) is 13.8 Å². The predicted octanol–water partition coefficient (Wildman–Crippen LogP) is 3.11. The third kappa shape index (κ3) is 3.06. The van der Waals surface area contributed by atoms with E-state index in [2.05, 4.69) is 6.07 Å². The minimum Gasteiger partial charge on any atom is -0.490 e. The highest BCUT2D eigenvalue weighted by Gasteiger charge is 2.23. The first-order valence-electron chi connectivity index (χ1n) is 7.37. The van der Waals surface area contributed by atoms with Crippen LogP contribution in [0.3, 0.4) is 0 Å². The van der Waals surface area contributed by atoms with Crippen molar-refractivity contribution in [3.63, 3.8) is 0 Å². The van der Waals surface area contributed by atoms with Crippen LogP contribution in [-0.2, 0) is 4.79 Å². The largest absolute Gasteiger partial charge is 0.490 e. The standard InChI is InChI=1S/C18H19NO3/c1-13-9-14(2)11-15(10-13)22-12-18(20)19-7-8-21-17-6-4-3-5-16(17)19/h3-6,9-11H,7-8,12H2,1-2H3. The molecule has 1 aliphatic heterocycles. The number of benzene rings is 2. The molecule has 1 aliphatic rings. The lowest BCUT2D eigenvalue weighted by molar-refractivity contribution is -0.120. The summed E-state index contributed by atoms with van der Waals surface area (Å²) in [6.45, 7) is 5.11. The zero-order valence-corrected chi connectivity index (χ0v) is 12.8. The third-order valence-corrected chi connectivity index (χ3v) is 3.59. The number of nitrogens with zero attached hydrogens (tertiary/aromatic N) is 1. The molecular weight excluding hydrogens is 278 g/mol. The summed E-state index contributed by atoms with van der Waals surface area (Å²) >= 11 is 0. The molecule has 0 N–H and O–H groups in total. The number of aryl methyl sites for hydroxylation is 2. The van der Waals surface area contributed by atoms with Crippen LogP contribution in [0.25, 0.3) is 0 Å². The quantitative estimate of drug-likeness (QED) is 0.874. The Balaban J connectivity index is 1.70. The number of carbonyl (C=O) groups excluding carboxylic acids is 1. The molecule has 114 valence electrons. The van der Waals surface area contributed by atoms with Gasteiger partial charge < -0.3 is 14.4 Å². The van der Waals surface area contributed by atoms with Crippen LogP contribution >= 0.6 is 0 Å². The molecule has 2 aromatic carbocycles. The van der Waals surface area contributed by atoms with Crippen molar-refractivity contribution >= 4 is 11.6 Å². The van der Waals surface area contributed by atoms with Crippen LogP contribution in [0.15, 0.2) is 42.5 Å². The number of amides is 1. The number of ether oxygens (including phenoxy) is 2. The summed E-state index contributed by atoms with van der Waals surface area (Å²) in [4.78, 5) is 14.2. The van der Waals surface area contributed by atoms with E-state index in [-0.39, 0.29) is 12.5 Å². The molecule has 0 bridgehead atoms. The topological polar surface area (TPSA) is 38.8 Å². The maximum Gasteiger partial charge on any atom is 0.265 e. The number of anilines is 1. The molecule has 0 saturated heterocycles. The van der Waals surface area contributed by atoms with Gasteiger partial charge in [-0.3, -0.25) is 4.79 Å². The monoisotopic (exact) mass is 297 g/mol. The predicted molar refractivity (Wildman–Crippen MR) is 85.7 cm³/mol. The van der Waals surface area contributed by atoms with Crippen molar-refractivity contribution in [2.75, 3.05) is 24.7 Å². The van der Waals surface area contributed by atoms with Gasteiger partial charge in [-0.25, -0.2) is 0 Å². The molecule has 0 radical (unpaired) electrons. The van der Waals surface area contributed by atoms with E-state index < -0.39 is 0 Å². The fourth-order valence-electron chi connectivity index (χ4n) is 2.67. The van der Waals surface area contributed by atoms with Crippen LogP contribution in [0.5, 0.6) is 11.5 Å². The highest BCUT2D eigenvalue weighted by Crippen LogP contribution is 2.31. The van der Waals surface area contributed by atoms with Gasteiger partial charge in [0.05, 0.1) is 12.2 Å². The second-order valence-electron chi connectivity index (χ2n) is 5.47. The molecule has 0 unspecified atom stereocenters. The number of carbonyl (C=O) groups is 1. The average molecular weight is 297 g/mol. The molecule has 4 nitrogen and oxygen atoms in total. The zero-order valence-electron chi connectivity index (χ0n) is 12.8. The summed E-state index contributed by atoms with van der Waals surface area (Å²) in [5, 5.41) is 0. The van der Waals surface area contributed by atoms with Crippen molar-refractivity contribution in [1.29, 1.82) is 0 Å². The maximum atomic E-state index is 12.4. The highest BCUT2D eigenvalue weighted by molar-refractivity contribution is 5.96. The fraction of sp³-hybridized carbons (Fsp3) is 0.278. The first-order chi connectivity index (χ1) is 10.6. The minimum atomic E-state index is -0.0603. The van der Waals surface area contributed by atoms with Gasteiger partial charge in [0.15, 0.2) is 6.61 Å². The molecule has 4 heteroatoms. The van der Waals surface area contributed by atoms with E-state index in [4.69, 9.17) is 9.47 Å². The molecule has 0 atom stereocenters. The lowest BCUT2D eigenvalue weighted by Crippen LogP contribution is -2.40. The summed E-state index contributed by atoms with van der Waals surface area (Å²) in [7, 11) is 0. The molecule has 22 heavy (non-hydrogen) atoms. The number of hydrogen-bond acceptors (Lipinski definition) is 3. The van der Waals surface area contributed by atoms with Crippen molar-refractivity contribution in [1.82, 2.24) is 0 Å². The van der Waals surface area contributed by atoms with E-state index in [0.717, 1.165) is 28.3 Å². The van der Waals surface area contributed by atoms with E-state index >= 15 is 0 Å². The van der Waals surface area contributed by atoms with Gasteiger partial charge in [0, 0.05) is 0 Å². The first-order valence-corrected chi connectivity index (χ1v) is 7.37. The fourth-order valence-corrected chi connectivity index (χ4v) is 2.67. The van der Waals surface area contributed by atoms with Gasteiger partial charge in [-0.1, -0.05) is 18.2 Å². The normalized spacial score (nSPS) is 13.3. The van der Waals surface area contributed by atoms with Crippen molar-refractivity contribution < 1.29 is 14.3 Å². The molecule has 2 aromatic rings. The van der Waals surface area contributed by atoms with Crippen molar-refractivity contribution in [2.24, 2.45) is 0 Å². The second-order valence-corrected chi connectivity index (χ2v) is 5.47.